The normalized spacial score (nSPS) is 17.5. The number of hydrogen-bond donors (Lipinski definition) is 1. The summed E-state index contributed by atoms with van der Waals surface area (Å²) in [6, 6.07) is 2.13. The second-order valence-corrected chi connectivity index (χ2v) is 7.36. The lowest BCUT2D eigenvalue weighted by atomic mass is 9.91. The lowest BCUT2D eigenvalue weighted by molar-refractivity contribution is 0.528. The van der Waals surface area contributed by atoms with Gasteiger partial charge >= 0.3 is 0 Å². The minimum absolute atomic E-state index is 0.0745. The monoisotopic (exact) mass is 289 g/mol. The van der Waals surface area contributed by atoms with Crippen molar-refractivity contribution in [2.45, 2.75) is 84.0 Å². The van der Waals surface area contributed by atoms with Gasteiger partial charge in [-0.15, -0.1) is 0 Å². The van der Waals surface area contributed by atoms with Crippen LogP contribution in [0.2, 0.25) is 0 Å². The number of hydrogen-bond acceptors (Lipinski definition) is 3. The van der Waals surface area contributed by atoms with E-state index in [4.69, 9.17) is 9.97 Å². The third-order valence-corrected chi connectivity index (χ3v) is 4.29. The highest BCUT2D eigenvalue weighted by molar-refractivity contribution is 5.38. The molecule has 21 heavy (non-hydrogen) atoms. The molecule has 1 aromatic rings. The molecule has 118 valence electrons. The number of aromatic nitrogens is 2. The van der Waals surface area contributed by atoms with Crippen molar-refractivity contribution in [3.8, 4) is 0 Å². The number of nitrogens with zero attached hydrogens (tertiary/aromatic N) is 2. The van der Waals surface area contributed by atoms with Gasteiger partial charge in [0.05, 0.1) is 5.69 Å². The Labute approximate surface area is 130 Å². The summed E-state index contributed by atoms with van der Waals surface area (Å²) in [6.07, 6.45) is 9.01. The quantitative estimate of drug-likeness (QED) is 0.790. The van der Waals surface area contributed by atoms with Gasteiger partial charge in [-0.2, -0.15) is 0 Å². The maximum atomic E-state index is 4.93. The molecule has 0 amide bonds. The summed E-state index contributed by atoms with van der Waals surface area (Å²) in [5, 5.41) is 3.45. The van der Waals surface area contributed by atoms with Crippen LogP contribution in [-0.2, 0) is 5.41 Å². The minimum Gasteiger partial charge on any atom is -0.370 e. The van der Waals surface area contributed by atoms with E-state index in [9.17, 15) is 0 Å². The Morgan fingerprint density at radius 2 is 1.76 bits per heavy atom. The van der Waals surface area contributed by atoms with Gasteiger partial charge < -0.3 is 5.32 Å². The zero-order valence-electron chi connectivity index (χ0n) is 14.2. The number of anilines is 1. The van der Waals surface area contributed by atoms with E-state index >= 15 is 0 Å². The van der Waals surface area contributed by atoms with Crippen LogP contribution >= 0.6 is 0 Å². The summed E-state index contributed by atoms with van der Waals surface area (Å²) in [5.41, 5.74) is 1.24. The summed E-state index contributed by atoms with van der Waals surface area (Å²) >= 11 is 0. The van der Waals surface area contributed by atoms with Crippen LogP contribution in [0.1, 0.15) is 90.1 Å². The van der Waals surface area contributed by atoms with Crippen LogP contribution in [0.4, 0.5) is 5.82 Å². The van der Waals surface area contributed by atoms with E-state index in [1.807, 2.05) is 0 Å². The van der Waals surface area contributed by atoms with Crippen LogP contribution in [0, 0.1) is 0 Å². The molecule has 0 bridgehead atoms. The largest absolute Gasteiger partial charge is 0.370 e. The summed E-state index contributed by atoms with van der Waals surface area (Å²) in [5.74, 6) is 2.64. The molecule has 1 heterocycles. The van der Waals surface area contributed by atoms with Gasteiger partial charge in [0.1, 0.15) is 11.6 Å². The molecule has 0 radical (unpaired) electrons. The highest BCUT2D eigenvalue weighted by Crippen LogP contribution is 2.32. The number of nitrogens with one attached hydrogen (secondary N) is 1. The molecule has 0 atom stereocenters. The third-order valence-electron chi connectivity index (χ3n) is 4.29. The van der Waals surface area contributed by atoms with Gasteiger partial charge in [-0.1, -0.05) is 53.4 Å². The molecule has 1 saturated carbocycles. The Kier molecular flexibility index (Phi) is 5.60. The molecule has 3 heteroatoms. The van der Waals surface area contributed by atoms with Gasteiger partial charge in [0.2, 0.25) is 0 Å². The Hall–Kier alpha value is -1.12. The fourth-order valence-electron chi connectivity index (χ4n) is 2.91. The van der Waals surface area contributed by atoms with Gasteiger partial charge in [-0.05, 0) is 19.3 Å². The fourth-order valence-corrected chi connectivity index (χ4v) is 2.91. The smallest absolute Gasteiger partial charge is 0.134 e. The average molecular weight is 289 g/mol. The van der Waals surface area contributed by atoms with Crippen molar-refractivity contribution in [2.24, 2.45) is 0 Å². The van der Waals surface area contributed by atoms with E-state index in [2.05, 4.69) is 39.1 Å². The first kappa shape index (κ1) is 16.3. The highest BCUT2D eigenvalue weighted by Gasteiger charge is 2.22. The van der Waals surface area contributed by atoms with Gasteiger partial charge in [-0.3, -0.25) is 0 Å². The third kappa shape index (κ3) is 4.69. The molecule has 2 rings (SSSR count). The first-order chi connectivity index (χ1) is 10.0. The van der Waals surface area contributed by atoms with E-state index in [0.717, 1.165) is 30.3 Å². The molecule has 0 saturated heterocycles. The van der Waals surface area contributed by atoms with Crippen molar-refractivity contribution in [3.05, 3.63) is 17.6 Å². The summed E-state index contributed by atoms with van der Waals surface area (Å²) in [6.45, 7) is 9.86. The zero-order valence-corrected chi connectivity index (χ0v) is 14.2. The van der Waals surface area contributed by atoms with Crippen LogP contribution in [0.5, 0.6) is 0 Å². The SMILES string of the molecule is CCCNc1cc(C(C)(C)C)nc(C2CCCCCC2)n1. The zero-order chi connectivity index (χ0) is 15.3. The number of rotatable bonds is 4. The van der Waals surface area contributed by atoms with Crippen molar-refractivity contribution in [1.29, 1.82) is 0 Å². The van der Waals surface area contributed by atoms with Gasteiger partial charge in [0.25, 0.3) is 0 Å². The molecule has 0 spiro atoms. The molecule has 0 aliphatic heterocycles. The Balaban J connectivity index is 2.29. The van der Waals surface area contributed by atoms with Crippen molar-refractivity contribution in [1.82, 2.24) is 9.97 Å². The second-order valence-electron chi connectivity index (χ2n) is 7.36. The van der Waals surface area contributed by atoms with Crippen LogP contribution in [0.15, 0.2) is 6.07 Å². The van der Waals surface area contributed by atoms with Gasteiger partial charge in [0, 0.05) is 23.9 Å². The summed E-state index contributed by atoms with van der Waals surface area (Å²) in [4.78, 5) is 9.75. The van der Waals surface area contributed by atoms with E-state index in [0.29, 0.717) is 5.92 Å². The topological polar surface area (TPSA) is 37.8 Å². The molecule has 1 aliphatic rings. The molecule has 1 fully saturated rings. The molecular weight excluding hydrogens is 258 g/mol. The maximum Gasteiger partial charge on any atom is 0.134 e. The predicted molar refractivity (Wildman–Crippen MR) is 90.0 cm³/mol. The summed E-state index contributed by atoms with van der Waals surface area (Å²) in [7, 11) is 0. The molecule has 1 N–H and O–H groups in total. The molecule has 0 unspecified atom stereocenters. The summed E-state index contributed by atoms with van der Waals surface area (Å²) < 4.78 is 0. The van der Waals surface area contributed by atoms with E-state index in [-0.39, 0.29) is 5.41 Å². The van der Waals surface area contributed by atoms with Crippen LogP contribution in [0.25, 0.3) is 0 Å². The van der Waals surface area contributed by atoms with Gasteiger partial charge in [-0.25, -0.2) is 9.97 Å². The first-order valence-electron chi connectivity index (χ1n) is 8.64. The van der Waals surface area contributed by atoms with Crippen LogP contribution in [0.3, 0.4) is 0 Å². The molecule has 3 nitrogen and oxygen atoms in total. The molecular formula is C18H31N3. The van der Waals surface area contributed by atoms with E-state index in [1.54, 1.807) is 0 Å². The van der Waals surface area contributed by atoms with Crippen molar-refractivity contribution >= 4 is 5.82 Å². The Bertz CT molecular complexity index is 440. The highest BCUT2D eigenvalue weighted by atomic mass is 15.0. The second kappa shape index (κ2) is 7.24. The van der Waals surface area contributed by atoms with E-state index in [1.165, 1.54) is 38.5 Å². The average Bonchev–Trinajstić information content (AvgIpc) is 2.73. The Morgan fingerprint density at radius 3 is 2.33 bits per heavy atom. The van der Waals surface area contributed by atoms with Crippen molar-refractivity contribution < 1.29 is 0 Å². The van der Waals surface area contributed by atoms with Crippen molar-refractivity contribution in [3.63, 3.8) is 0 Å². The minimum atomic E-state index is 0.0745. The van der Waals surface area contributed by atoms with Gasteiger partial charge in [0.15, 0.2) is 0 Å². The lowest BCUT2D eigenvalue weighted by Crippen LogP contribution is -2.18. The fraction of sp³-hybridized carbons (Fsp3) is 0.778. The molecule has 1 aliphatic carbocycles. The van der Waals surface area contributed by atoms with Crippen LogP contribution in [-0.4, -0.2) is 16.5 Å². The van der Waals surface area contributed by atoms with Crippen LogP contribution < -0.4 is 5.32 Å². The maximum absolute atomic E-state index is 4.93. The van der Waals surface area contributed by atoms with E-state index < -0.39 is 0 Å². The molecule has 0 aromatic carbocycles. The predicted octanol–water partition coefficient (Wildman–Crippen LogP) is 5.03. The van der Waals surface area contributed by atoms with Crippen molar-refractivity contribution in [2.75, 3.05) is 11.9 Å². The first-order valence-corrected chi connectivity index (χ1v) is 8.64. The Morgan fingerprint density at radius 1 is 1.10 bits per heavy atom. The lowest BCUT2D eigenvalue weighted by Gasteiger charge is -2.22. The standard InChI is InChI=1S/C18H31N3/c1-5-12-19-16-13-15(18(2,3)4)20-17(21-16)14-10-8-6-7-9-11-14/h13-14H,5-12H2,1-4H3,(H,19,20,21). The molecule has 1 aromatic heterocycles.